The van der Waals surface area contributed by atoms with Crippen molar-refractivity contribution < 1.29 is 19.0 Å². The number of amides is 1. The van der Waals surface area contributed by atoms with Gasteiger partial charge in [-0.2, -0.15) is 0 Å². The third-order valence-corrected chi connectivity index (χ3v) is 3.84. The summed E-state index contributed by atoms with van der Waals surface area (Å²) in [5.41, 5.74) is 6.90. The molecule has 0 radical (unpaired) electrons. The van der Waals surface area contributed by atoms with Gasteiger partial charge in [-0.15, -0.1) is 0 Å². The molecular formula is C15H20N2O4. The average Bonchev–Trinajstić information content (AvgIpc) is 2.92. The van der Waals surface area contributed by atoms with Crippen molar-refractivity contribution in [2.45, 2.75) is 12.6 Å². The summed E-state index contributed by atoms with van der Waals surface area (Å²) in [5, 5.41) is 0. The molecule has 0 saturated carbocycles. The summed E-state index contributed by atoms with van der Waals surface area (Å²) in [6.45, 7) is 2.50. The van der Waals surface area contributed by atoms with Crippen LogP contribution in [0.15, 0.2) is 18.2 Å². The van der Waals surface area contributed by atoms with Gasteiger partial charge in [0.05, 0.1) is 19.1 Å². The fourth-order valence-electron chi connectivity index (χ4n) is 2.65. The molecule has 2 atom stereocenters. The van der Waals surface area contributed by atoms with Crippen LogP contribution in [0.25, 0.3) is 0 Å². The number of carbonyl (C=O) groups is 1. The molecule has 1 aromatic carbocycles. The van der Waals surface area contributed by atoms with Crippen LogP contribution >= 0.6 is 0 Å². The standard InChI is InChI=1S/C15H20N2O4/c1-17(15(18)11-8-19-9-12(11)16)7-10-2-3-13-14(6-10)21-5-4-20-13/h2-3,6,11-12H,4-5,7-9,16H2,1H3. The molecule has 114 valence electrons. The van der Waals surface area contributed by atoms with Gasteiger partial charge in [-0.25, -0.2) is 0 Å². The Balaban J connectivity index is 1.67. The van der Waals surface area contributed by atoms with Gasteiger partial charge in [0.15, 0.2) is 11.5 Å². The summed E-state index contributed by atoms with van der Waals surface area (Å²) in [4.78, 5) is 14.0. The highest BCUT2D eigenvalue weighted by molar-refractivity contribution is 5.79. The molecule has 21 heavy (non-hydrogen) atoms. The summed E-state index contributed by atoms with van der Waals surface area (Å²) in [7, 11) is 1.78. The van der Waals surface area contributed by atoms with Gasteiger partial charge in [0.1, 0.15) is 13.2 Å². The molecule has 0 bridgehead atoms. The maximum absolute atomic E-state index is 12.4. The smallest absolute Gasteiger partial charge is 0.229 e. The molecule has 0 spiro atoms. The Bertz CT molecular complexity index is 534. The van der Waals surface area contributed by atoms with Crippen LogP contribution in [0, 0.1) is 5.92 Å². The maximum Gasteiger partial charge on any atom is 0.229 e. The van der Waals surface area contributed by atoms with Crippen molar-refractivity contribution in [1.82, 2.24) is 4.90 Å². The van der Waals surface area contributed by atoms with Crippen LogP contribution in [0.5, 0.6) is 11.5 Å². The average molecular weight is 292 g/mol. The lowest BCUT2D eigenvalue weighted by atomic mass is 10.0. The molecule has 2 aliphatic heterocycles. The van der Waals surface area contributed by atoms with Gasteiger partial charge in [0.25, 0.3) is 0 Å². The number of carbonyl (C=O) groups excluding carboxylic acids is 1. The van der Waals surface area contributed by atoms with E-state index < -0.39 is 0 Å². The number of hydrogen-bond acceptors (Lipinski definition) is 5. The lowest BCUT2D eigenvalue weighted by molar-refractivity contribution is -0.135. The van der Waals surface area contributed by atoms with Crippen LogP contribution in [0.4, 0.5) is 0 Å². The SMILES string of the molecule is CN(Cc1ccc2c(c1)OCCO2)C(=O)C1COCC1N. The molecule has 3 rings (SSSR count). The molecule has 1 aromatic rings. The van der Waals surface area contributed by atoms with Gasteiger partial charge in [0, 0.05) is 19.6 Å². The Morgan fingerprint density at radius 3 is 2.76 bits per heavy atom. The van der Waals surface area contributed by atoms with Gasteiger partial charge in [0.2, 0.25) is 5.91 Å². The summed E-state index contributed by atoms with van der Waals surface area (Å²) in [6.07, 6.45) is 0. The highest BCUT2D eigenvalue weighted by Gasteiger charge is 2.33. The Hall–Kier alpha value is -1.79. The molecule has 2 aliphatic rings. The quantitative estimate of drug-likeness (QED) is 0.872. The van der Waals surface area contributed by atoms with Crippen molar-refractivity contribution in [3.05, 3.63) is 23.8 Å². The summed E-state index contributed by atoms with van der Waals surface area (Å²) >= 11 is 0. The fourth-order valence-corrected chi connectivity index (χ4v) is 2.65. The van der Waals surface area contributed by atoms with Crippen LogP contribution in [0.1, 0.15) is 5.56 Å². The Morgan fingerprint density at radius 2 is 2.05 bits per heavy atom. The predicted octanol–water partition coefficient (Wildman–Crippen LogP) is 0.390. The summed E-state index contributed by atoms with van der Waals surface area (Å²) < 4.78 is 16.3. The van der Waals surface area contributed by atoms with E-state index in [2.05, 4.69) is 0 Å². The van der Waals surface area contributed by atoms with Crippen molar-refractivity contribution in [2.75, 3.05) is 33.5 Å². The molecule has 2 heterocycles. The van der Waals surface area contributed by atoms with Gasteiger partial charge >= 0.3 is 0 Å². The third-order valence-electron chi connectivity index (χ3n) is 3.84. The van der Waals surface area contributed by atoms with Gasteiger partial charge < -0.3 is 24.8 Å². The lowest BCUT2D eigenvalue weighted by Crippen LogP contribution is -2.41. The van der Waals surface area contributed by atoms with Crippen LogP contribution in [0.3, 0.4) is 0 Å². The highest BCUT2D eigenvalue weighted by Crippen LogP contribution is 2.31. The van der Waals surface area contributed by atoms with Crippen LogP contribution in [-0.2, 0) is 16.1 Å². The summed E-state index contributed by atoms with van der Waals surface area (Å²) in [6, 6.07) is 5.54. The first-order chi connectivity index (χ1) is 10.1. The first-order valence-corrected chi connectivity index (χ1v) is 7.12. The maximum atomic E-state index is 12.4. The first-order valence-electron chi connectivity index (χ1n) is 7.12. The Morgan fingerprint density at radius 1 is 1.29 bits per heavy atom. The van der Waals surface area contributed by atoms with E-state index in [0.29, 0.717) is 33.0 Å². The van der Waals surface area contributed by atoms with E-state index in [0.717, 1.165) is 17.1 Å². The largest absolute Gasteiger partial charge is 0.486 e. The molecule has 6 heteroatoms. The third kappa shape index (κ3) is 2.96. The molecule has 6 nitrogen and oxygen atoms in total. The molecule has 1 amide bonds. The van der Waals surface area contributed by atoms with E-state index in [4.69, 9.17) is 19.9 Å². The summed E-state index contributed by atoms with van der Waals surface area (Å²) in [5.74, 6) is 1.27. The van der Waals surface area contributed by atoms with Crippen LogP contribution < -0.4 is 15.2 Å². The second-order valence-electron chi connectivity index (χ2n) is 5.48. The topological polar surface area (TPSA) is 74.0 Å². The van der Waals surface area contributed by atoms with Crippen molar-refractivity contribution in [3.8, 4) is 11.5 Å². The van der Waals surface area contributed by atoms with E-state index >= 15 is 0 Å². The molecule has 2 N–H and O–H groups in total. The van der Waals surface area contributed by atoms with Crippen molar-refractivity contribution in [3.63, 3.8) is 0 Å². The van der Waals surface area contributed by atoms with Crippen molar-refractivity contribution in [2.24, 2.45) is 11.7 Å². The van der Waals surface area contributed by atoms with Crippen LogP contribution in [0.2, 0.25) is 0 Å². The molecule has 1 fully saturated rings. The number of benzene rings is 1. The van der Waals surface area contributed by atoms with Gasteiger partial charge in [-0.3, -0.25) is 4.79 Å². The first kappa shape index (κ1) is 14.2. The number of hydrogen-bond donors (Lipinski definition) is 1. The zero-order valence-corrected chi connectivity index (χ0v) is 12.1. The molecule has 1 saturated heterocycles. The van der Waals surface area contributed by atoms with E-state index in [1.165, 1.54) is 0 Å². The van der Waals surface area contributed by atoms with Crippen molar-refractivity contribution >= 4 is 5.91 Å². The second kappa shape index (κ2) is 5.91. The predicted molar refractivity (Wildman–Crippen MR) is 76.2 cm³/mol. The molecule has 2 unspecified atom stereocenters. The van der Waals surface area contributed by atoms with E-state index in [1.54, 1.807) is 11.9 Å². The monoisotopic (exact) mass is 292 g/mol. The zero-order valence-electron chi connectivity index (χ0n) is 12.1. The van der Waals surface area contributed by atoms with Gasteiger partial charge in [-0.05, 0) is 17.7 Å². The van der Waals surface area contributed by atoms with E-state index in [9.17, 15) is 4.79 Å². The van der Waals surface area contributed by atoms with Gasteiger partial charge in [-0.1, -0.05) is 6.07 Å². The normalized spacial score (nSPS) is 23.9. The molecule has 0 aromatic heterocycles. The van der Waals surface area contributed by atoms with Crippen molar-refractivity contribution in [1.29, 1.82) is 0 Å². The molecule has 0 aliphatic carbocycles. The zero-order chi connectivity index (χ0) is 14.8. The number of fused-ring (bicyclic) bond motifs is 1. The highest BCUT2D eigenvalue weighted by atomic mass is 16.6. The van der Waals surface area contributed by atoms with E-state index in [1.807, 2.05) is 18.2 Å². The second-order valence-corrected chi connectivity index (χ2v) is 5.48. The molecular weight excluding hydrogens is 272 g/mol. The number of rotatable bonds is 3. The Labute approximate surface area is 123 Å². The number of nitrogens with zero attached hydrogens (tertiary/aromatic N) is 1. The Kier molecular flexibility index (Phi) is 3.98. The minimum atomic E-state index is -0.243. The number of ether oxygens (including phenoxy) is 3. The number of nitrogens with two attached hydrogens (primary N) is 1. The minimum absolute atomic E-state index is 0.0230. The fraction of sp³-hybridized carbons (Fsp3) is 0.533. The van der Waals surface area contributed by atoms with E-state index in [-0.39, 0.29) is 17.9 Å². The lowest BCUT2D eigenvalue weighted by Gasteiger charge is -2.24. The minimum Gasteiger partial charge on any atom is -0.486 e. The van der Waals surface area contributed by atoms with Crippen LogP contribution in [-0.4, -0.2) is 50.3 Å².